The van der Waals surface area contributed by atoms with Crippen LogP contribution in [0, 0.1) is 5.92 Å². The Morgan fingerprint density at radius 3 is 3.09 bits per heavy atom. The lowest BCUT2D eigenvalue weighted by atomic mass is 10.1. The van der Waals surface area contributed by atoms with Gasteiger partial charge in [0.15, 0.2) is 0 Å². The van der Waals surface area contributed by atoms with E-state index in [4.69, 9.17) is 4.74 Å². The van der Waals surface area contributed by atoms with Gasteiger partial charge < -0.3 is 15.0 Å². The predicted molar refractivity (Wildman–Crippen MR) is 86.2 cm³/mol. The van der Waals surface area contributed by atoms with Gasteiger partial charge in [-0.2, -0.15) is 0 Å². The Labute approximate surface area is 130 Å². The molecule has 0 aromatic carbocycles. The summed E-state index contributed by atoms with van der Waals surface area (Å²) in [6, 6.07) is 7.82. The molecule has 2 aromatic rings. The van der Waals surface area contributed by atoms with Crippen molar-refractivity contribution in [1.82, 2.24) is 15.0 Å². The Morgan fingerprint density at radius 1 is 1.32 bits per heavy atom. The molecule has 3 heterocycles. The zero-order valence-electron chi connectivity index (χ0n) is 12.8. The van der Waals surface area contributed by atoms with Gasteiger partial charge in [-0.25, -0.2) is 15.0 Å². The van der Waals surface area contributed by atoms with Crippen molar-refractivity contribution in [2.75, 3.05) is 36.5 Å². The molecule has 1 aliphatic rings. The van der Waals surface area contributed by atoms with Crippen LogP contribution in [-0.4, -0.2) is 41.2 Å². The molecule has 6 heteroatoms. The molecule has 1 aliphatic heterocycles. The van der Waals surface area contributed by atoms with Crippen LogP contribution in [0.4, 0.5) is 11.6 Å². The lowest BCUT2D eigenvalue weighted by Gasteiger charge is -2.18. The SMILES string of the molecule is CCOc1cc(N2CC[C@H](CNc3ccccn3)C2)ncn1. The summed E-state index contributed by atoms with van der Waals surface area (Å²) >= 11 is 0. The average molecular weight is 299 g/mol. The second-order valence-corrected chi connectivity index (χ2v) is 5.34. The third-order valence-corrected chi connectivity index (χ3v) is 3.77. The highest BCUT2D eigenvalue weighted by molar-refractivity contribution is 5.42. The van der Waals surface area contributed by atoms with Gasteiger partial charge in [0.2, 0.25) is 5.88 Å². The van der Waals surface area contributed by atoms with Gasteiger partial charge in [0.05, 0.1) is 6.61 Å². The third kappa shape index (κ3) is 3.63. The van der Waals surface area contributed by atoms with E-state index in [1.54, 1.807) is 12.5 Å². The molecule has 2 aromatic heterocycles. The first-order chi connectivity index (χ1) is 10.8. The molecule has 1 N–H and O–H groups in total. The highest BCUT2D eigenvalue weighted by atomic mass is 16.5. The summed E-state index contributed by atoms with van der Waals surface area (Å²) in [4.78, 5) is 15.0. The molecule has 0 amide bonds. The van der Waals surface area contributed by atoms with Crippen LogP contribution in [0.2, 0.25) is 0 Å². The first kappa shape index (κ1) is 14.6. The van der Waals surface area contributed by atoms with Gasteiger partial charge in [-0.1, -0.05) is 6.07 Å². The Kier molecular flexibility index (Phi) is 4.68. The van der Waals surface area contributed by atoms with E-state index in [1.165, 1.54) is 0 Å². The maximum absolute atomic E-state index is 5.44. The summed E-state index contributed by atoms with van der Waals surface area (Å²) in [7, 11) is 0. The normalized spacial score (nSPS) is 17.5. The average Bonchev–Trinajstić information content (AvgIpc) is 3.04. The van der Waals surface area contributed by atoms with E-state index in [-0.39, 0.29) is 0 Å². The molecule has 1 saturated heterocycles. The van der Waals surface area contributed by atoms with Crippen LogP contribution in [0.15, 0.2) is 36.8 Å². The number of ether oxygens (including phenoxy) is 1. The van der Waals surface area contributed by atoms with Crippen molar-refractivity contribution in [2.45, 2.75) is 13.3 Å². The van der Waals surface area contributed by atoms with Crippen LogP contribution in [0.3, 0.4) is 0 Å². The first-order valence-electron chi connectivity index (χ1n) is 7.70. The van der Waals surface area contributed by atoms with Crippen molar-refractivity contribution in [1.29, 1.82) is 0 Å². The molecule has 22 heavy (non-hydrogen) atoms. The highest BCUT2D eigenvalue weighted by Crippen LogP contribution is 2.24. The fourth-order valence-electron chi connectivity index (χ4n) is 2.65. The zero-order valence-corrected chi connectivity index (χ0v) is 12.8. The van der Waals surface area contributed by atoms with E-state index in [0.717, 1.165) is 37.7 Å². The Morgan fingerprint density at radius 2 is 2.27 bits per heavy atom. The van der Waals surface area contributed by atoms with E-state index in [2.05, 4.69) is 25.2 Å². The van der Waals surface area contributed by atoms with E-state index < -0.39 is 0 Å². The monoisotopic (exact) mass is 299 g/mol. The second kappa shape index (κ2) is 7.06. The second-order valence-electron chi connectivity index (χ2n) is 5.34. The minimum absolute atomic E-state index is 0.590. The van der Waals surface area contributed by atoms with E-state index in [9.17, 15) is 0 Å². The van der Waals surface area contributed by atoms with Crippen molar-refractivity contribution < 1.29 is 4.74 Å². The number of rotatable bonds is 6. The van der Waals surface area contributed by atoms with Gasteiger partial charge in [-0.3, -0.25) is 0 Å². The summed E-state index contributed by atoms with van der Waals surface area (Å²) in [6.45, 7) is 5.50. The Hall–Kier alpha value is -2.37. The van der Waals surface area contributed by atoms with E-state index >= 15 is 0 Å². The molecule has 3 rings (SSSR count). The number of hydrogen-bond donors (Lipinski definition) is 1. The van der Waals surface area contributed by atoms with Gasteiger partial charge in [-0.05, 0) is 31.4 Å². The zero-order chi connectivity index (χ0) is 15.2. The lowest BCUT2D eigenvalue weighted by Crippen LogP contribution is -2.23. The molecule has 0 spiro atoms. The van der Waals surface area contributed by atoms with Gasteiger partial charge in [0.25, 0.3) is 0 Å². The van der Waals surface area contributed by atoms with Crippen molar-refractivity contribution >= 4 is 11.6 Å². The van der Waals surface area contributed by atoms with Crippen molar-refractivity contribution in [3.63, 3.8) is 0 Å². The van der Waals surface area contributed by atoms with Crippen LogP contribution in [-0.2, 0) is 0 Å². The Balaban J connectivity index is 1.54. The van der Waals surface area contributed by atoms with Crippen LogP contribution in [0.25, 0.3) is 0 Å². The maximum Gasteiger partial charge on any atom is 0.218 e. The molecular formula is C16H21N5O. The lowest BCUT2D eigenvalue weighted by molar-refractivity contribution is 0.326. The fraction of sp³-hybridized carbons (Fsp3) is 0.438. The summed E-state index contributed by atoms with van der Waals surface area (Å²) in [6.07, 6.45) is 4.52. The number of nitrogens with zero attached hydrogens (tertiary/aromatic N) is 4. The molecule has 0 aliphatic carbocycles. The summed E-state index contributed by atoms with van der Waals surface area (Å²) in [5.41, 5.74) is 0. The van der Waals surface area contributed by atoms with Crippen molar-refractivity contribution in [3.05, 3.63) is 36.8 Å². The van der Waals surface area contributed by atoms with Crippen LogP contribution in [0.5, 0.6) is 5.88 Å². The minimum Gasteiger partial charge on any atom is -0.478 e. The standard InChI is InChI=1S/C16H21N5O/c1-2-22-16-9-15(19-12-20-16)21-8-6-13(11-21)10-18-14-5-3-4-7-17-14/h3-5,7,9,12-13H,2,6,8,10-11H2,1H3,(H,17,18)/t13-/m1/s1. The Bertz CT molecular complexity index is 592. The predicted octanol–water partition coefficient (Wildman–Crippen LogP) is 2.21. The summed E-state index contributed by atoms with van der Waals surface area (Å²) in [5, 5.41) is 3.40. The molecule has 1 atom stereocenters. The highest BCUT2D eigenvalue weighted by Gasteiger charge is 2.23. The fourth-order valence-corrected chi connectivity index (χ4v) is 2.65. The maximum atomic E-state index is 5.44. The molecule has 6 nitrogen and oxygen atoms in total. The molecule has 1 fully saturated rings. The van der Waals surface area contributed by atoms with Crippen LogP contribution >= 0.6 is 0 Å². The molecule has 0 saturated carbocycles. The van der Waals surface area contributed by atoms with Gasteiger partial charge in [0.1, 0.15) is 18.0 Å². The van der Waals surface area contributed by atoms with E-state index in [1.807, 2.05) is 31.2 Å². The molecule has 0 radical (unpaired) electrons. The van der Waals surface area contributed by atoms with E-state index in [0.29, 0.717) is 18.4 Å². The van der Waals surface area contributed by atoms with Crippen LogP contribution in [0.1, 0.15) is 13.3 Å². The van der Waals surface area contributed by atoms with Crippen molar-refractivity contribution in [3.8, 4) is 5.88 Å². The summed E-state index contributed by atoms with van der Waals surface area (Å²) in [5.74, 6) is 3.11. The first-order valence-corrected chi connectivity index (χ1v) is 7.70. The molecule has 116 valence electrons. The number of aromatic nitrogens is 3. The van der Waals surface area contributed by atoms with Gasteiger partial charge >= 0.3 is 0 Å². The largest absolute Gasteiger partial charge is 0.478 e. The number of pyridine rings is 1. The molecule has 0 unspecified atom stereocenters. The quantitative estimate of drug-likeness (QED) is 0.882. The summed E-state index contributed by atoms with van der Waals surface area (Å²) < 4.78 is 5.44. The van der Waals surface area contributed by atoms with Gasteiger partial charge in [-0.15, -0.1) is 0 Å². The topological polar surface area (TPSA) is 63.2 Å². The molecular weight excluding hydrogens is 278 g/mol. The molecule has 0 bridgehead atoms. The van der Waals surface area contributed by atoms with Crippen molar-refractivity contribution in [2.24, 2.45) is 5.92 Å². The smallest absolute Gasteiger partial charge is 0.218 e. The third-order valence-electron chi connectivity index (χ3n) is 3.77. The number of anilines is 2. The van der Waals surface area contributed by atoms with Gasteiger partial charge in [0, 0.05) is 31.9 Å². The minimum atomic E-state index is 0.590. The van der Waals surface area contributed by atoms with Crippen LogP contribution < -0.4 is 15.0 Å². The number of nitrogens with one attached hydrogen (secondary N) is 1. The number of hydrogen-bond acceptors (Lipinski definition) is 6.